The number of amides is 1. The van der Waals surface area contributed by atoms with Crippen molar-refractivity contribution in [1.82, 2.24) is 10.6 Å². The predicted octanol–water partition coefficient (Wildman–Crippen LogP) is 0.471. The number of carbonyl (C=O) groups excluding carboxylic acids is 1. The molecule has 2 atom stereocenters. The first-order valence-electron chi connectivity index (χ1n) is 6.38. The van der Waals surface area contributed by atoms with Crippen LogP contribution in [0.1, 0.15) is 5.56 Å². The molecule has 19 heavy (non-hydrogen) atoms. The van der Waals surface area contributed by atoms with Crippen LogP contribution in [0.4, 0.5) is 5.69 Å². The number of hydrogen-bond acceptors (Lipinski definition) is 4. The topological polar surface area (TPSA) is 84.3 Å². The molecule has 6 nitrogen and oxygen atoms in total. The minimum Gasteiger partial charge on any atom is -0.352 e. The van der Waals surface area contributed by atoms with Crippen molar-refractivity contribution in [3.05, 3.63) is 39.9 Å². The summed E-state index contributed by atoms with van der Waals surface area (Å²) < 4.78 is 0. The van der Waals surface area contributed by atoms with Gasteiger partial charge in [0.25, 0.3) is 5.69 Å². The quantitative estimate of drug-likeness (QED) is 0.609. The number of rotatable bonds is 4. The third-order valence-electron chi connectivity index (χ3n) is 3.91. The van der Waals surface area contributed by atoms with E-state index in [0.29, 0.717) is 23.4 Å². The number of nitro benzene ring substituents is 1. The Hall–Kier alpha value is -1.95. The number of hydrogen-bond donors (Lipinski definition) is 2. The second-order valence-electron chi connectivity index (χ2n) is 5.18. The minimum absolute atomic E-state index is 0.0257. The van der Waals surface area contributed by atoms with Crippen molar-refractivity contribution >= 4 is 11.6 Å². The van der Waals surface area contributed by atoms with Crippen molar-refractivity contribution < 1.29 is 9.72 Å². The summed E-state index contributed by atoms with van der Waals surface area (Å²) in [7, 11) is 0. The predicted molar refractivity (Wildman–Crippen MR) is 68.6 cm³/mol. The molecule has 0 aromatic heterocycles. The number of carbonyl (C=O) groups is 1. The second-order valence-corrected chi connectivity index (χ2v) is 5.18. The third-order valence-corrected chi connectivity index (χ3v) is 3.91. The average molecular weight is 261 g/mol. The van der Waals surface area contributed by atoms with E-state index in [-0.39, 0.29) is 18.0 Å². The Kier molecular flexibility index (Phi) is 2.94. The summed E-state index contributed by atoms with van der Waals surface area (Å²) in [6.45, 7) is 1.96. The number of fused-ring (bicyclic) bond motifs is 1. The molecule has 0 radical (unpaired) electrons. The van der Waals surface area contributed by atoms with Gasteiger partial charge in [-0.3, -0.25) is 14.9 Å². The van der Waals surface area contributed by atoms with E-state index < -0.39 is 4.92 Å². The maximum Gasteiger partial charge on any atom is 0.269 e. The summed E-state index contributed by atoms with van der Waals surface area (Å²) in [6.07, 6.45) is 0.199. The fraction of sp³-hybridized carbons (Fsp3) is 0.462. The molecule has 1 amide bonds. The van der Waals surface area contributed by atoms with Crippen LogP contribution in [0.5, 0.6) is 0 Å². The first-order chi connectivity index (χ1) is 9.15. The van der Waals surface area contributed by atoms with Gasteiger partial charge in [-0.25, -0.2) is 0 Å². The number of nitrogens with zero attached hydrogens (tertiary/aromatic N) is 1. The van der Waals surface area contributed by atoms with Crippen LogP contribution in [0, 0.1) is 22.0 Å². The molecule has 1 aliphatic carbocycles. The summed E-state index contributed by atoms with van der Waals surface area (Å²) in [5.41, 5.74) is 0.702. The summed E-state index contributed by atoms with van der Waals surface area (Å²) in [5, 5.41) is 16.9. The largest absolute Gasteiger partial charge is 0.352 e. The maximum absolute atomic E-state index is 11.9. The lowest BCUT2D eigenvalue weighted by molar-refractivity contribution is -0.384. The summed E-state index contributed by atoms with van der Waals surface area (Å²) in [5.74, 6) is 1.10. The standard InChI is InChI=1S/C13H15N3O3/c17-12(15-13-10-6-14-7-11(10)13)5-8-2-1-3-9(4-8)16(18)19/h1-4,10-11,13-14H,5-7H2,(H,15,17). The molecule has 6 heteroatoms. The molecule has 1 saturated heterocycles. The van der Waals surface area contributed by atoms with Crippen LogP contribution >= 0.6 is 0 Å². The summed E-state index contributed by atoms with van der Waals surface area (Å²) >= 11 is 0. The molecule has 1 aliphatic heterocycles. The monoisotopic (exact) mass is 261 g/mol. The highest BCUT2D eigenvalue weighted by atomic mass is 16.6. The van der Waals surface area contributed by atoms with Crippen molar-refractivity contribution in [2.75, 3.05) is 13.1 Å². The number of nitro groups is 1. The lowest BCUT2D eigenvalue weighted by atomic mass is 10.1. The lowest BCUT2D eigenvalue weighted by Gasteiger charge is -2.07. The van der Waals surface area contributed by atoms with Crippen LogP contribution in [-0.4, -0.2) is 30.0 Å². The van der Waals surface area contributed by atoms with Crippen LogP contribution < -0.4 is 10.6 Å². The zero-order chi connectivity index (χ0) is 13.4. The van der Waals surface area contributed by atoms with Crippen LogP contribution in [0.2, 0.25) is 0 Å². The van der Waals surface area contributed by atoms with Crippen LogP contribution in [0.15, 0.2) is 24.3 Å². The van der Waals surface area contributed by atoms with Gasteiger partial charge in [0.1, 0.15) is 0 Å². The van der Waals surface area contributed by atoms with Crippen molar-refractivity contribution in [2.24, 2.45) is 11.8 Å². The van der Waals surface area contributed by atoms with Gasteiger partial charge in [-0.2, -0.15) is 0 Å². The van der Waals surface area contributed by atoms with Crippen LogP contribution in [0.3, 0.4) is 0 Å². The molecule has 2 fully saturated rings. The molecule has 0 bridgehead atoms. The van der Waals surface area contributed by atoms with Crippen molar-refractivity contribution in [3.8, 4) is 0 Å². The fourth-order valence-electron chi connectivity index (χ4n) is 2.83. The van der Waals surface area contributed by atoms with E-state index in [1.54, 1.807) is 12.1 Å². The molecule has 1 aromatic rings. The third kappa shape index (κ3) is 2.44. The second kappa shape index (κ2) is 4.62. The molecule has 2 aliphatic rings. The van der Waals surface area contributed by atoms with E-state index in [9.17, 15) is 14.9 Å². The molecule has 0 spiro atoms. The van der Waals surface area contributed by atoms with Gasteiger partial charge in [-0.05, 0) is 17.4 Å². The van der Waals surface area contributed by atoms with Gasteiger partial charge >= 0.3 is 0 Å². The van der Waals surface area contributed by atoms with Crippen LogP contribution in [0.25, 0.3) is 0 Å². The smallest absolute Gasteiger partial charge is 0.269 e. The Balaban J connectivity index is 1.57. The molecule has 1 heterocycles. The molecular weight excluding hydrogens is 246 g/mol. The zero-order valence-electron chi connectivity index (χ0n) is 10.3. The van der Waals surface area contributed by atoms with E-state index in [0.717, 1.165) is 13.1 Å². The van der Waals surface area contributed by atoms with Gasteiger partial charge in [-0.1, -0.05) is 12.1 Å². The van der Waals surface area contributed by atoms with Gasteiger partial charge < -0.3 is 10.6 Å². The molecule has 3 rings (SSSR count). The summed E-state index contributed by atoms with van der Waals surface area (Å²) in [4.78, 5) is 22.1. The number of non-ortho nitro benzene ring substituents is 1. The first kappa shape index (κ1) is 12.1. The van der Waals surface area contributed by atoms with Crippen molar-refractivity contribution in [1.29, 1.82) is 0 Å². The number of piperidine rings is 1. The Morgan fingerprint density at radius 2 is 2.16 bits per heavy atom. The normalized spacial score (nSPS) is 27.7. The van der Waals surface area contributed by atoms with Crippen molar-refractivity contribution in [3.63, 3.8) is 0 Å². The summed E-state index contributed by atoms with van der Waals surface area (Å²) in [6, 6.07) is 6.53. The number of benzene rings is 1. The molecule has 1 saturated carbocycles. The average Bonchev–Trinajstić information content (AvgIpc) is 2.83. The number of nitrogens with one attached hydrogen (secondary N) is 2. The molecule has 100 valence electrons. The highest BCUT2D eigenvalue weighted by molar-refractivity contribution is 5.79. The van der Waals surface area contributed by atoms with E-state index >= 15 is 0 Å². The zero-order valence-corrected chi connectivity index (χ0v) is 10.3. The van der Waals surface area contributed by atoms with Gasteiger partial charge in [-0.15, -0.1) is 0 Å². The highest BCUT2D eigenvalue weighted by Gasteiger charge is 2.53. The van der Waals surface area contributed by atoms with Gasteiger partial charge in [0.2, 0.25) is 5.91 Å². The first-order valence-corrected chi connectivity index (χ1v) is 6.38. The lowest BCUT2D eigenvalue weighted by Crippen LogP contribution is -2.33. The molecule has 2 N–H and O–H groups in total. The van der Waals surface area contributed by atoms with Gasteiger partial charge in [0, 0.05) is 31.3 Å². The Bertz CT molecular complexity index is 522. The van der Waals surface area contributed by atoms with Gasteiger partial charge in [0.05, 0.1) is 11.3 Å². The van der Waals surface area contributed by atoms with E-state index in [1.807, 2.05) is 0 Å². The van der Waals surface area contributed by atoms with E-state index in [2.05, 4.69) is 10.6 Å². The van der Waals surface area contributed by atoms with E-state index in [1.165, 1.54) is 12.1 Å². The maximum atomic E-state index is 11.9. The molecular formula is C13H15N3O3. The fourth-order valence-corrected chi connectivity index (χ4v) is 2.83. The molecule has 1 aromatic carbocycles. The van der Waals surface area contributed by atoms with Gasteiger partial charge in [0.15, 0.2) is 0 Å². The highest BCUT2D eigenvalue weighted by Crippen LogP contribution is 2.41. The van der Waals surface area contributed by atoms with Crippen molar-refractivity contribution in [2.45, 2.75) is 12.5 Å². The Labute approximate surface area is 110 Å². The Morgan fingerprint density at radius 1 is 1.42 bits per heavy atom. The van der Waals surface area contributed by atoms with Crippen LogP contribution in [-0.2, 0) is 11.2 Å². The van der Waals surface area contributed by atoms with E-state index in [4.69, 9.17) is 0 Å². The SMILES string of the molecule is O=C(Cc1cccc([N+](=O)[O-])c1)NC1C2CNCC21. The minimum atomic E-state index is -0.446. The molecule has 2 unspecified atom stereocenters. The Morgan fingerprint density at radius 3 is 2.84 bits per heavy atom.